The number of carbonyl (C=O) groups excluding carboxylic acids is 2. The van der Waals surface area contributed by atoms with Gasteiger partial charge in [-0.25, -0.2) is 9.59 Å². The molecular formula is C19H22O5. The van der Waals surface area contributed by atoms with Gasteiger partial charge in [-0.3, -0.25) is 0 Å². The smallest absolute Gasteiger partial charge is 0.343 e. The zero-order chi connectivity index (χ0) is 17.9. The number of ether oxygens (including phenoxy) is 2. The second-order valence-electron chi connectivity index (χ2n) is 6.13. The van der Waals surface area contributed by atoms with E-state index in [1.54, 1.807) is 27.7 Å². The van der Waals surface area contributed by atoms with Crippen LogP contribution in [0.5, 0.6) is 0 Å². The Hall–Kier alpha value is -2.56. The molecule has 5 nitrogen and oxygen atoms in total. The molecule has 1 heterocycles. The van der Waals surface area contributed by atoms with Crippen LogP contribution in [0.15, 0.2) is 34.9 Å². The Morgan fingerprint density at radius 3 is 2.00 bits per heavy atom. The quantitative estimate of drug-likeness (QED) is 0.761. The summed E-state index contributed by atoms with van der Waals surface area (Å²) in [5.74, 6) is -0.913. The fourth-order valence-electron chi connectivity index (χ4n) is 2.18. The summed E-state index contributed by atoms with van der Waals surface area (Å²) in [6.45, 7) is 8.94. The molecule has 0 N–H and O–H groups in total. The number of benzene rings is 1. The topological polar surface area (TPSA) is 65.7 Å². The minimum Gasteiger partial charge on any atom is -0.462 e. The van der Waals surface area contributed by atoms with Crippen LogP contribution in [-0.2, 0) is 9.47 Å². The first kappa shape index (κ1) is 17.8. The zero-order valence-electron chi connectivity index (χ0n) is 14.6. The van der Waals surface area contributed by atoms with Crippen molar-refractivity contribution in [1.82, 2.24) is 0 Å². The molecule has 0 bridgehead atoms. The minimum atomic E-state index is -0.609. The first-order valence-electron chi connectivity index (χ1n) is 7.90. The maximum Gasteiger partial charge on any atom is 0.343 e. The Labute approximate surface area is 141 Å². The summed E-state index contributed by atoms with van der Waals surface area (Å²) in [5, 5.41) is 0. The van der Waals surface area contributed by atoms with E-state index in [-0.39, 0.29) is 23.3 Å². The second kappa shape index (κ2) is 7.34. The third-order valence-electron chi connectivity index (χ3n) is 3.21. The summed E-state index contributed by atoms with van der Waals surface area (Å²) in [5.41, 5.74) is 1.94. The van der Waals surface area contributed by atoms with Crippen molar-refractivity contribution in [2.75, 3.05) is 0 Å². The van der Waals surface area contributed by atoms with Crippen molar-refractivity contribution in [3.05, 3.63) is 47.2 Å². The van der Waals surface area contributed by atoms with Gasteiger partial charge >= 0.3 is 11.9 Å². The molecule has 1 aromatic carbocycles. The van der Waals surface area contributed by atoms with Crippen LogP contribution in [-0.4, -0.2) is 24.1 Å². The third-order valence-corrected chi connectivity index (χ3v) is 3.21. The lowest BCUT2D eigenvalue weighted by Crippen LogP contribution is -2.18. The predicted octanol–water partition coefficient (Wildman–Crippen LogP) is 4.39. The van der Waals surface area contributed by atoms with Gasteiger partial charge in [-0.2, -0.15) is 0 Å². The van der Waals surface area contributed by atoms with E-state index >= 15 is 0 Å². The van der Waals surface area contributed by atoms with E-state index in [0.717, 1.165) is 5.56 Å². The summed E-state index contributed by atoms with van der Waals surface area (Å²) >= 11 is 0. The van der Waals surface area contributed by atoms with Gasteiger partial charge in [0.05, 0.1) is 12.2 Å². The highest BCUT2D eigenvalue weighted by atomic mass is 16.6. The SMILES string of the molecule is Cc1ccc(-c2occ(C(=O)OC(C)C)c2C(=O)OC(C)C)cc1. The Kier molecular flexibility index (Phi) is 5.44. The molecule has 2 rings (SSSR count). The van der Waals surface area contributed by atoms with Crippen LogP contribution in [0.25, 0.3) is 11.3 Å². The number of hydrogen-bond acceptors (Lipinski definition) is 5. The first-order valence-corrected chi connectivity index (χ1v) is 7.90. The van der Waals surface area contributed by atoms with Crippen LogP contribution < -0.4 is 0 Å². The molecule has 5 heteroatoms. The maximum absolute atomic E-state index is 12.5. The fraction of sp³-hybridized carbons (Fsp3) is 0.368. The van der Waals surface area contributed by atoms with Crippen LogP contribution in [0.4, 0.5) is 0 Å². The van der Waals surface area contributed by atoms with E-state index in [4.69, 9.17) is 13.9 Å². The van der Waals surface area contributed by atoms with Crippen LogP contribution >= 0.6 is 0 Å². The highest BCUT2D eigenvalue weighted by Crippen LogP contribution is 2.30. The number of furan rings is 1. The van der Waals surface area contributed by atoms with Gasteiger partial charge in [-0.1, -0.05) is 29.8 Å². The third kappa shape index (κ3) is 4.04. The van der Waals surface area contributed by atoms with E-state index in [1.807, 2.05) is 31.2 Å². The molecule has 0 saturated heterocycles. The number of esters is 2. The molecule has 24 heavy (non-hydrogen) atoms. The van der Waals surface area contributed by atoms with Crippen LogP contribution in [0.1, 0.15) is 54.0 Å². The van der Waals surface area contributed by atoms with Gasteiger partial charge < -0.3 is 13.9 Å². The molecule has 0 saturated carbocycles. The normalized spacial score (nSPS) is 11.0. The van der Waals surface area contributed by atoms with E-state index in [1.165, 1.54) is 6.26 Å². The molecule has 2 aromatic rings. The Bertz CT molecular complexity index is 723. The summed E-state index contributed by atoms with van der Waals surface area (Å²) in [6.07, 6.45) is 0.632. The first-order chi connectivity index (χ1) is 11.3. The van der Waals surface area contributed by atoms with Crippen molar-refractivity contribution in [2.45, 2.75) is 46.8 Å². The molecule has 0 spiro atoms. The molecule has 0 amide bonds. The highest BCUT2D eigenvalue weighted by molar-refractivity contribution is 6.07. The van der Waals surface area contributed by atoms with Crippen LogP contribution in [0.2, 0.25) is 0 Å². The summed E-state index contributed by atoms with van der Waals surface area (Å²) in [4.78, 5) is 24.8. The second-order valence-corrected chi connectivity index (χ2v) is 6.13. The molecule has 0 aliphatic heterocycles. The van der Waals surface area contributed by atoms with E-state index in [9.17, 15) is 9.59 Å². The van der Waals surface area contributed by atoms with E-state index < -0.39 is 11.9 Å². The molecule has 128 valence electrons. The van der Waals surface area contributed by atoms with Crippen molar-refractivity contribution in [2.24, 2.45) is 0 Å². The van der Waals surface area contributed by atoms with Crippen LogP contribution in [0, 0.1) is 6.92 Å². The van der Waals surface area contributed by atoms with Gasteiger partial charge in [0, 0.05) is 5.56 Å². The van der Waals surface area contributed by atoms with Gasteiger partial charge in [0.2, 0.25) is 0 Å². The summed E-state index contributed by atoms with van der Waals surface area (Å²) in [7, 11) is 0. The summed E-state index contributed by atoms with van der Waals surface area (Å²) in [6, 6.07) is 7.47. The zero-order valence-corrected chi connectivity index (χ0v) is 14.6. The number of aryl methyl sites for hydroxylation is 1. The largest absolute Gasteiger partial charge is 0.462 e. The fourth-order valence-corrected chi connectivity index (χ4v) is 2.18. The van der Waals surface area contributed by atoms with Gasteiger partial charge in [0.25, 0.3) is 0 Å². The monoisotopic (exact) mass is 330 g/mol. The molecule has 0 aliphatic carbocycles. The van der Waals surface area contributed by atoms with Crippen molar-refractivity contribution in [3.8, 4) is 11.3 Å². The standard InChI is InChI=1S/C19H22O5/c1-11(2)23-18(20)15-10-22-17(14-8-6-13(5)7-9-14)16(15)19(21)24-12(3)4/h6-12H,1-5H3. The van der Waals surface area contributed by atoms with Gasteiger partial charge in [-0.05, 0) is 34.6 Å². The molecule has 0 fully saturated rings. The van der Waals surface area contributed by atoms with Crippen molar-refractivity contribution >= 4 is 11.9 Å². The van der Waals surface area contributed by atoms with Gasteiger partial charge in [0.15, 0.2) is 0 Å². The number of carbonyl (C=O) groups is 2. The van der Waals surface area contributed by atoms with Crippen molar-refractivity contribution in [3.63, 3.8) is 0 Å². The lowest BCUT2D eigenvalue weighted by molar-refractivity contribution is 0.0330. The molecule has 0 atom stereocenters. The Balaban J connectivity index is 2.51. The van der Waals surface area contributed by atoms with Gasteiger partial charge in [-0.15, -0.1) is 0 Å². The van der Waals surface area contributed by atoms with Crippen molar-refractivity contribution in [1.29, 1.82) is 0 Å². The predicted molar refractivity (Wildman–Crippen MR) is 90.0 cm³/mol. The maximum atomic E-state index is 12.5. The minimum absolute atomic E-state index is 0.0740. The number of rotatable bonds is 5. The molecule has 0 radical (unpaired) electrons. The Morgan fingerprint density at radius 2 is 1.46 bits per heavy atom. The van der Waals surface area contributed by atoms with Crippen molar-refractivity contribution < 1.29 is 23.5 Å². The molecular weight excluding hydrogens is 308 g/mol. The van der Waals surface area contributed by atoms with Gasteiger partial charge in [0.1, 0.15) is 23.2 Å². The highest BCUT2D eigenvalue weighted by Gasteiger charge is 2.29. The van der Waals surface area contributed by atoms with Crippen LogP contribution in [0.3, 0.4) is 0 Å². The average molecular weight is 330 g/mol. The lowest BCUT2D eigenvalue weighted by Gasteiger charge is -2.11. The van der Waals surface area contributed by atoms with E-state index in [2.05, 4.69) is 0 Å². The molecule has 1 aromatic heterocycles. The summed E-state index contributed by atoms with van der Waals surface area (Å²) < 4.78 is 16.0. The average Bonchev–Trinajstić information content (AvgIpc) is 2.91. The number of hydrogen-bond donors (Lipinski definition) is 0. The molecule has 0 unspecified atom stereocenters. The molecule has 0 aliphatic rings. The Morgan fingerprint density at radius 1 is 0.917 bits per heavy atom. The lowest BCUT2D eigenvalue weighted by atomic mass is 10.0. The van der Waals surface area contributed by atoms with E-state index in [0.29, 0.717) is 11.3 Å².